The van der Waals surface area contributed by atoms with Gasteiger partial charge in [-0.1, -0.05) is 66.7 Å². The van der Waals surface area contributed by atoms with Crippen LogP contribution in [0.4, 0.5) is 0 Å². The van der Waals surface area contributed by atoms with Gasteiger partial charge in [0.05, 0.1) is 6.21 Å². The number of carbonyl (C=O) groups is 1. The first-order chi connectivity index (χ1) is 16.3. The van der Waals surface area contributed by atoms with Crippen LogP contribution in [0, 0.1) is 27.7 Å². The molecule has 5 heteroatoms. The van der Waals surface area contributed by atoms with Gasteiger partial charge in [-0.2, -0.15) is 5.10 Å². The van der Waals surface area contributed by atoms with E-state index in [1.54, 1.807) is 54.7 Å². The van der Waals surface area contributed by atoms with Gasteiger partial charge in [0.25, 0.3) is 5.91 Å². The quantitative estimate of drug-likeness (QED) is 0.316. The molecule has 3 aromatic carbocycles. The van der Waals surface area contributed by atoms with Crippen molar-refractivity contribution in [1.82, 2.24) is 9.99 Å². The molecule has 0 unspecified atom stereocenters. The number of aryl methyl sites for hydroxylation is 3. The summed E-state index contributed by atoms with van der Waals surface area (Å²) in [6.07, 6.45) is 1.62. The summed E-state index contributed by atoms with van der Waals surface area (Å²) in [5.74, 6) is -0.621. The van der Waals surface area contributed by atoms with Gasteiger partial charge in [-0.25, -0.2) is 5.43 Å². The second-order valence-electron chi connectivity index (χ2n) is 8.65. The minimum atomic E-state index is -1.87. The summed E-state index contributed by atoms with van der Waals surface area (Å²) in [6, 6.07) is 26.3. The second kappa shape index (κ2) is 9.49. The van der Waals surface area contributed by atoms with E-state index in [4.69, 9.17) is 0 Å². The number of hydrazone groups is 1. The molecule has 172 valence electrons. The topological polar surface area (TPSA) is 66.6 Å². The van der Waals surface area contributed by atoms with Crippen LogP contribution in [0.2, 0.25) is 0 Å². The van der Waals surface area contributed by atoms with E-state index < -0.39 is 11.5 Å². The Balaban J connectivity index is 1.62. The number of hydrogen-bond donors (Lipinski definition) is 2. The summed E-state index contributed by atoms with van der Waals surface area (Å²) in [5.41, 5.74) is 8.11. The molecular weight excluding hydrogens is 422 g/mol. The summed E-state index contributed by atoms with van der Waals surface area (Å²) in [6.45, 7) is 8.24. The van der Waals surface area contributed by atoms with Crippen molar-refractivity contribution >= 4 is 12.1 Å². The first-order valence-corrected chi connectivity index (χ1v) is 11.2. The minimum absolute atomic E-state index is 0.474. The fraction of sp³-hybridized carbons (Fsp3) is 0.172. The van der Waals surface area contributed by atoms with Gasteiger partial charge in [-0.15, -0.1) is 0 Å². The second-order valence-corrected chi connectivity index (χ2v) is 8.65. The summed E-state index contributed by atoms with van der Waals surface area (Å²) in [7, 11) is 0. The van der Waals surface area contributed by atoms with Crippen molar-refractivity contribution in [2.75, 3.05) is 0 Å². The van der Waals surface area contributed by atoms with Crippen molar-refractivity contribution in [3.05, 3.63) is 124 Å². The van der Waals surface area contributed by atoms with Crippen LogP contribution in [-0.4, -0.2) is 21.8 Å². The molecule has 0 radical (unpaired) electrons. The Hall–Kier alpha value is -3.96. The molecule has 0 aliphatic carbocycles. The number of hydrogen-bond acceptors (Lipinski definition) is 3. The van der Waals surface area contributed by atoms with Crippen LogP contribution in [-0.2, 0) is 10.4 Å². The molecular formula is C29H29N3O2. The van der Waals surface area contributed by atoms with Crippen LogP contribution in [0.15, 0.2) is 90.0 Å². The zero-order valence-corrected chi connectivity index (χ0v) is 19.9. The highest BCUT2D eigenvalue weighted by Crippen LogP contribution is 2.30. The molecule has 0 spiro atoms. The Morgan fingerprint density at radius 2 is 1.38 bits per heavy atom. The van der Waals surface area contributed by atoms with Crippen molar-refractivity contribution in [2.24, 2.45) is 5.10 Å². The van der Waals surface area contributed by atoms with Crippen LogP contribution in [0.5, 0.6) is 0 Å². The Morgan fingerprint density at radius 3 is 1.91 bits per heavy atom. The lowest BCUT2D eigenvalue weighted by Crippen LogP contribution is -2.43. The van der Waals surface area contributed by atoms with Crippen molar-refractivity contribution in [3.63, 3.8) is 0 Å². The van der Waals surface area contributed by atoms with Gasteiger partial charge in [0.1, 0.15) is 0 Å². The number of rotatable bonds is 6. The van der Waals surface area contributed by atoms with Gasteiger partial charge in [-0.3, -0.25) is 4.79 Å². The lowest BCUT2D eigenvalue weighted by atomic mass is 9.85. The Kier molecular flexibility index (Phi) is 6.48. The molecule has 4 aromatic rings. The highest BCUT2D eigenvalue weighted by Gasteiger charge is 2.39. The van der Waals surface area contributed by atoms with E-state index >= 15 is 0 Å². The third-order valence-electron chi connectivity index (χ3n) is 6.02. The average Bonchev–Trinajstić information content (AvgIpc) is 3.11. The highest BCUT2D eigenvalue weighted by molar-refractivity contribution is 5.91. The summed E-state index contributed by atoms with van der Waals surface area (Å²) in [5, 5.41) is 15.7. The molecule has 0 saturated carbocycles. The number of benzene rings is 3. The van der Waals surface area contributed by atoms with E-state index in [1.807, 2.05) is 32.0 Å². The van der Waals surface area contributed by atoms with Gasteiger partial charge < -0.3 is 9.67 Å². The van der Waals surface area contributed by atoms with Gasteiger partial charge in [0, 0.05) is 22.6 Å². The number of aromatic nitrogens is 1. The van der Waals surface area contributed by atoms with Gasteiger partial charge in [-0.05, 0) is 68.1 Å². The lowest BCUT2D eigenvalue weighted by molar-refractivity contribution is -0.136. The zero-order chi connectivity index (χ0) is 24.3. The lowest BCUT2D eigenvalue weighted by Gasteiger charge is -2.27. The number of nitrogens with one attached hydrogen (secondary N) is 1. The van der Waals surface area contributed by atoms with Gasteiger partial charge in [0.15, 0.2) is 5.60 Å². The maximum absolute atomic E-state index is 13.2. The molecule has 34 heavy (non-hydrogen) atoms. The largest absolute Gasteiger partial charge is 0.372 e. The smallest absolute Gasteiger partial charge is 0.281 e. The maximum atomic E-state index is 13.2. The van der Waals surface area contributed by atoms with Crippen LogP contribution < -0.4 is 5.43 Å². The van der Waals surface area contributed by atoms with Crippen molar-refractivity contribution in [1.29, 1.82) is 0 Å². The molecule has 4 rings (SSSR count). The zero-order valence-electron chi connectivity index (χ0n) is 19.9. The Morgan fingerprint density at radius 1 is 0.853 bits per heavy atom. The predicted octanol–water partition coefficient (Wildman–Crippen LogP) is 5.10. The molecule has 2 N–H and O–H groups in total. The van der Waals surface area contributed by atoms with E-state index in [0.29, 0.717) is 11.1 Å². The average molecular weight is 452 g/mol. The van der Waals surface area contributed by atoms with E-state index in [-0.39, 0.29) is 0 Å². The Bertz CT molecular complexity index is 1280. The van der Waals surface area contributed by atoms with Gasteiger partial charge >= 0.3 is 0 Å². The standard InChI is InChI=1S/C29H29N3O2/c1-20-15-21(2)17-27(16-20)32-22(3)18-24(23(32)4)19-30-31-28(33)29(34,25-11-7-5-8-12-25)26-13-9-6-10-14-26/h5-19,34H,1-4H3,(H,31,33). The summed E-state index contributed by atoms with van der Waals surface area (Å²) in [4.78, 5) is 13.2. The highest BCUT2D eigenvalue weighted by atomic mass is 16.3. The molecule has 0 atom stereocenters. The molecule has 1 heterocycles. The van der Waals surface area contributed by atoms with Crippen molar-refractivity contribution < 1.29 is 9.90 Å². The third kappa shape index (κ3) is 4.43. The first-order valence-electron chi connectivity index (χ1n) is 11.2. The number of amides is 1. The molecule has 0 fully saturated rings. The minimum Gasteiger partial charge on any atom is -0.372 e. The van der Waals surface area contributed by atoms with Crippen LogP contribution in [0.1, 0.15) is 39.2 Å². The van der Waals surface area contributed by atoms with Crippen molar-refractivity contribution in [3.8, 4) is 5.69 Å². The first kappa shape index (κ1) is 23.2. The van der Waals surface area contributed by atoms with E-state index in [0.717, 1.165) is 22.6 Å². The molecule has 5 nitrogen and oxygen atoms in total. The fourth-order valence-corrected chi connectivity index (χ4v) is 4.42. The normalized spacial score (nSPS) is 11.7. The summed E-state index contributed by atoms with van der Waals surface area (Å²) < 4.78 is 2.17. The van der Waals surface area contributed by atoms with E-state index in [1.165, 1.54) is 11.1 Å². The van der Waals surface area contributed by atoms with E-state index in [9.17, 15) is 9.90 Å². The molecule has 0 aliphatic heterocycles. The fourth-order valence-electron chi connectivity index (χ4n) is 4.42. The van der Waals surface area contributed by atoms with E-state index in [2.05, 4.69) is 47.1 Å². The van der Waals surface area contributed by atoms with Crippen LogP contribution in [0.25, 0.3) is 5.69 Å². The Labute approximate surface area is 200 Å². The van der Waals surface area contributed by atoms with Gasteiger partial charge in [0.2, 0.25) is 0 Å². The molecule has 0 saturated heterocycles. The molecule has 0 aliphatic rings. The van der Waals surface area contributed by atoms with Crippen LogP contribution >= 0.6 is 0 Å². The molecule has 1 aromatic heterocycles. The van der Waals surface area contributed by atoms with Crippen LogP contribution in [0.3, 0.4) is 0 Å². The van der Waals surface area contributed by atoms with Crippen molar-refractivity contribution in [2.45, 2.75) is 33.3 Å². The molecule has 1 amide bonds. The SMILES string of the molecule is Cc1cc(C)cc(-n2c(C)cc(C=NNC(=O)C(O)(c3ccccc3)c3ccccc3)c2C)c1. The number of nitrogens with zero attached hydrogens (tertiary/aromatic N) is 2. The monoisotopic (exact) mass is 451 g/mol. The maximum Gasteiger partial charge on any atom is 0.281 e. The molecule has 0 bridgehead atoms. The number of aliphatic hydroxyl groups is 1. The third-order valence-corrected chi connectivity index (χ3v) is 6.02. The predicted molar refractivity (Wildman–Crippen MR) is 136 cm³/mol. The number of carbonyl (C=O) groups excluding carboxylic acids is 1. The summed E-state index contributed by atoms with van der Waals surface area (Å²) >= 11 is 0.